The smallest absolute Gasteiger partial charge is 0.315 e. The zero-order valence-corrected chi connectivity index (χ0v) is 9.00. The number of hydrogen-bond donors (Lipinski definition) is 1. The number of nitriles is 1. The second kappa shape index (κ2) is 5.27. The predicted molar refractivity (Wildman–Crippen MR) is 58.3 cm³/mol. The van der Waals surface area contributed by atoms with Crippen LogP contribution in [0.3, 0.4) is 0 Å². The minimum Gasteiger partial charge on any atom is -0.468 e. The summed E-state index contributed by atoms with van der Waals surface area (Å²) < 4.78 is 4.50. The van der Waals surface area contributed by atoms with Crippen molar-refractivity contribution in [2.45, 2.75) is 4.90 Å². The van der Waals surface area contributed by atoms with Crippen molar-refractivity contribution in [3.05, 3.63) is 23.8 Å². The van der Waals surface area contributed by atoms with Gasteiger partial charge in [0, 0.05) is 10.6 Å². The number of benzene rings is 1. The van der Waals surface area contributed by atoms with Gasteiger partial charge in [-0.25, -0.2) is 0 Å². The minimum atomic E-state index is -0.318. The fraction of sp³-hybridized carbons (Fsp3) is 0.200. The third-order valence-corrected chi connectivity index (χ3v) is 2.76. The molecule has 0 saturated carbocycles. The molecular formula is C10H10N2O2S. The molecule has 0 bridgehead atoms. The molecule has 15 heavy (non-hydrogen) atoms. The van der Waals surface area contributed by atoms with Gasteiger partial charge >= 0.3 is 5.97 Å². The normalized spacial score (nSPS) is 9.33. The van der Waals surface area contributed by atoms with Gasteiger partial charge in [0.25, 0.3) is 0 Å². The van der Waals surface area contributed by atoms with E-state index in [1.807, 2.05) is 6.07 Å². The number of methoxy groups -OCH3 is 1. The molecule has 0 aliphatic rings. The van der Waals surface area contributed by atoms with Gasteiger partial charge in [0.05, 0.1) is 24.5 Å². The number of hydrogen-bond acceptors (Lipinski definition) is 5. The molecule has 0 spiro atoms. The average Bonchev–Trinajstić information content (AvgIpc) is 2.27. The van der Waals surface area contributed by atoms with Gasteiger partial charge < -0.3 is 10.5 Å². The third kappa shape index (κ3) is 3.18. The second-order valence-electron chi connectivity index (χ2n) is 2.73. The lowest BCUT2D eigenvalue weighted by Crippen LogP contribution is -2.03. The highest BCUT2D eigenvalue weighted by atomic mass is 32.2. The van der Waals surface area contributed by atoms with E-state index >= 15 is 0 Å². The van der Waals surface area contributed by atoms with E-state index in [2.05, 4.69) is 4.74 Å². The molecule has 1 rings (SSSR count). The van der Waals surface area contributed by atoms with Crippen LogP contribution in [0.15, 0.2) is 23.1 Å². The van der Waals surface area contributed by atoms with Crippen molar-refractivity contribution in [3.8, 4) is 6.07 Å². The van der Waals surface area contributed by atoms with E-state index in [0.717, 1.165) is 4.90 Å². The number of nitrogens with zero attached hydrogens (tertiary/aromatic N) is 1. The number of thioether (sulfide) groups is 1. The van der Waals surface area contributed by atoms with E-state index in [9.17, 15) is 4.79 Å². The van der Waals surface area contributed by atoms with E-state index in [1.165, 1.54) is 18.9 Å². The fourth-order valence-electron chi connectivity index (χ4n) is 0.925. The Bertz CT molecular complexity index is 412. The van der Waals surface area contributed by atoms with Crippen molar-refractivity contribution < 1.29 is 9.53 Å². The van der Waals surface area contributed by atoms with Crippen LogP contribution >= 0.6 is 11.8 Å². The first kappa shape index (κ1) is 11.4. The largest absolute Gasteiger partial charge is 0.468 e. The molecule has 1 aromatic rings. The lowest BCUT2D eigenvalue weighted by molar-refractivity contribution is -0.137. The first-order chi connectivity index (χ1) is 7.17. The molecule has 0 unspecified atom stereocenters. The minimum absolute atomic E-state index is 0.190. The van der Waals surface area contributed by atoms with E-state index < -0.39 is 0 Å². The highest BCUT2D eigenvalue weighted by molar-refractivity contribution is 8.00. The lowest BCUT2D eigenvalue weighted by Gasteiger charge is -2.04. The van der Waals surface area contributed by atoms with Crippen LogP contribution in [-0.4, -0.2) is 18.8 Å². The summed E-state index contributed by atoms with van der Waals surface area (Å²) in [6.07, 6.45) is 0. The average molecular weight is 222 g/mol. The molecule has 5 heteroatoms. The van der Waals surface area contributed by atoms with E-state index in [4.69, 9.17) is 11.0 Å². The molecule has 0 heterocycles. The van der Waals surface area contributed by atoms with Crippen molar-refractivity contribution in [1.29, 1.82) is 5.26 Å². The topological polar surface area (TPSA) is 76.1 Å². The van der Waals surface area contributed by atoms with Crippen LogP contribution in [0.1, 0.15) is 5.56 Å². The fourth-order valence-corrected chi connectivity index (χ4v) is 1.76. The highest BCUT2D eigenvalue weighted by Gasteiger charge is 2.05. The number of carbonyl (C=O) groups excluding carboxylic acids is 1. The van der Waals surface area contributed by atoms with Gasteiger partial charge in [-0.2, -0.15) is 5.26 Å². The summed E-state index contributed by atoms with van der Waals surface area (Å²) in [5, 5.41) is 8.68. The zero-order chi connectivity index (χ0) is 11.3. The van der Waals surface area contributed by atoms with Crippen LogP contribution in [0.2, 0.25) is 0 Å². The Hall–Kier alpha value is -1.67. The Morgan fingerprint density at radius 3 is 3.00 bits per heavy atom. The Morgan fingerprint density at radius 2 is 2.40 bits per heavy atom. The SMILES string of the molecule is COC(=O)CSc1cc(C#N)ccc1N. The number of esters is 1. The summed E-state index contributed by atoms with van der Waals surface area (Å²) in [4.78, 5) is 11.6. The monoisotopic (exact) mass is 222 g/mol. The number of nitrogens with two attached hydrogens (primary N) is 1. The highest BCUT2D eigenvalue weighted by Crippen LogP contribution is 2.25. The van der Waals surface area contributed by atoms with Gasteiger partial charge in [0.15, 0.2) is 0 Å². The molecule has 1 aromatic carbocycles. The van der Waals surface area contributed by atoms with Crippen LogP contribution in [0.4, 0.5) is 5.69 Å². The second-order valence-corrected chi connectivity index (χ2v) is 3.75. The quantitative estimate of drug-likeness (QED) is 0.475. The van der Waals surface area contributed by atoms with Crippen molar-refractivity contribution in [2.24, 2.45) is 0 Å². The van der Waals surface area contributed by atoms with E-state index in [1.54, 1.807) is 18.2 Å². The van der Waals surface area contributed by atoms with Crippen LogP contribution in [-0.2, 0) is 9.53 Å². The molecule has 0 atom stereocenters. The summed E-state index contributed by atoms with van der Waals surface area (Å²) in [7, 11) is 1.33. The van der Waals surface area contributed by atoms with Crippen LogP contribution in [0, 0.1) is 11.3 Å². The summed E-state index contributed by atoms with van der Waals surface area (Å²) in [6.45, 7) is 0. The maximum atomic E-state index is 10.9. The molecule has 0 fully saturated rings. The number of anilines is 1. The maximum Gasteiger partial charge on any atom is 0.315 e. The standard InChI is InChI=1S/C10H10N2O2S/c1-14-10(13)6-15-9-4-7(5-11)2-3-8(9)12/h2-4H,6,12H2,1H3. The summed E-state index contributed by atoms with van der Waals surface area (Å²) in [5.41, 5.74) is 6.77. The number of rotatable bonds is 3. The Kier molecular flexibility index (Phi) is 4.01. The molecule has 78 valence electrons. The van der Waals surface area contributed by atoms with Crippen LogP contribution < -0.4 is 5.73 Å². The molecule has 0 radical (unpaired) electrons. The van der Waals surface area contributed by atoms with Crippen molar-refractivity contribution in [1.82, 2.24) is 0 Å². The molecular weight excluding hydrogens is 212 g/mol. The lowest BCUT2D eigenvalue weighted by atomic mass is 10.2. The number of nitrogen functional groups attached to an aromatic ring is 1. The molecule has 0 aliphatic heterocycles. The zero-order valence-electron chi connectivity index (χ0n) is 8.19. The van der Waals surface area contributed by atoms with Gasteiger partial charge in [-0.15, -0.1) is 11.8 Å². The predicted octanol–water partition coefficient (Wildman–Crippen LogP) is 1.41. The third-order valence-electron chi connectivity index (χ3n) is 1.72. The molecule has 4 nitrogen and oxygen atoms in total. The molecule has 0 saturated heterocycles. The van der Waals surface area contributed by atoms with E-state index in [0.29, 0.717) is 11.3 Å². The van der Waals surface area contributed by atoms with Gasteiger partial charge in [-0.1, -0.05) is 0 Å². The first-order valence-electron chi connectivity index (χ1n) is 4.16. The van der Waals surface area contributed by atoms with Crippen molar-refractivity contribution in [3.63, 3.8) is 0 Å². The van der Waals surface area contributed by atoms with Crippen molar-refractivity contribution in [2.75, 3.05) is 18.6 Å². The number of ether oxygens (including phenoxy) is 1. The molecule has 0 amide bonds. The van der Waals surface area contributed by atoms with Gasteiger partial charge in [0.2, 0.25) is 0 Å². The summed E-state index contributed by atoms with van der Waals surface area (Å²) in [5.74, 6) is -0.128. The van der Waals surface area contributed by atoms with Gasteiger partial charge in [-0.05, 0) is 18.2 Å². The van der Waals surface area contributed by atoms with Crippen LogP contribution in [0.25, 0.3) is 0 Å². The molecule has 2 N–H and O–H groups in total. The molecule has 0 aromatic heterocycles. The van der Waals surface area contributed by atoms with E-state index in [-0.39, 0.29) is 11.7 Å². The van der Waals surface area contributed by atoms with Gasteiger partial charge in [0.1, 0.15) is 0 Å². The molecule has 0 aliphatic carbocycles. The number of carbonyl (C=O) groups is 1. The van der Waals surface area contributed by atoms with Crippen LogP contribution in [0.5, 0.6) is 0 Å². The Labute approximate surface area is 92.0 Å². The Balaban J connectivity index is 2.76. The summed E-state index contributed by atoms with van der Waals surface area (Å²) >= 11 is 1.26. The van der Waals surface area contributed by atoms with Gasteiger partial charge in [-0.3, -0.25) is 4.79 Å². The van der Waals surface area contributed by atoms with Crippen molar-refractivity contribution >= 4 is 23.4 Å². The first-order valence-corrected chi connectivity index (χ1v) is 5.15. The summed E-state index contributed by atoms with van der Waals surface area (Å²) in [6, 6.07) is 6.95. The maximum absolute atomic E-state index is 10.9. The Morgan fingerprint density at radius 1 is 1.67 bits per heavy atom.